The minimum Gasteiger partial charge on any atom is -0.398 e. The van der Waals surface area contributed by atoms with Crippen LogP contribution in [-0.2, 0) is 32.2 Å². The number of alkyl halides is 2. The summed E-state index contributed by atoms with van der Waals surface area (Å²) >= 11 is 5.72. The van der Waals surface area contributed by atoms with E-state index in [1.54, 1.807) is 0 Å². The summed E-state index contributed by atoms with van der Waals surface area (Å²) in [5.74, 6) is -8.64. The number of nitrogens with one attached hydrogen (secondary N) is 1. The van der Waals surface area contributed by atoms with Crippen LogP contribution >= 0.6 is 11.6 Å². The van der Waals surface area contributed by atoms with Gasteiger partial charge in [-0.05, 0) is 34.7 Å². The van der Waals surface area contributed by atoms with Gasteiger partial charge in [-0.1, -0.05) is 41.1 Å². The number of piperidine rings is 1. The number of carbonyl (C=O) groups is 4. The summed E-state index contributed by atoms with van der Waals surface area (Å²) in [6.07, 6.45) is -0.554. The van der Waals surface area contributed by atoms with E-state index in [0.29, 0.717) is 0 Å². The number of rotatable bonds is 5. The predicted octanol–water partition coefficient (Wildman–Crippen LogP) is -0.188. The molecule has 2 aliphatic heterocycles. The highest BCUT2D eigenvalue weighted by Gasteiger charge is 2.57. The van der Waals surface area contributed by atoms with Gasteiger partial charge in [0, 0.05) is 29.1 Å². The van der Waals surface area contributed by atoms with Crippen LogP contribution < -0.4 is 5.32 Å². The lowest BCUT2D eigenvalue weighted by atomic mass is 9.36. The maximum Gasteiger partial charge on any atom is 0.348 e. The van der Waals surface area contributed by atoms with E-state index in [0.717, 1.165) is 17.0 Å². The minimum atomic E-state index is -4.11. The Morgan fingerprint density at radius 2 is 1.61 bits per heavy atom. The lowest BCUT2D eigenvalue weighted by Crippen LogP contribution is -2.70. The van der Waals surface area contributed by atoms with Crippen LogP contribution in [0, 0.1) is 0 Å². The van der Waals surface area contributed by atoms with Crippen molar-refractivity contribution in [2.24, 2.45) is 0 Å². The number of imide groups is 1. The second-order valence-corrected chi connectivity index (χ2v) is 9.64. The van der Waals surface area contributed by atoms with Crippen molar-refractivity contribution in [3.05, 3.63) is 69.7 Å². The number of benzene rings is 2. The first-order valence-electron chi connectivity index (χ1n) is 10.9. The van der Waals surface area contributed by atoms with Crippen LogP contribution in [0.15, 0.2) is 42.5 Å². The standard InChI is InChI=1S/C22H12B6ClF2N3O4/c23-19(24)8-15(35)32-17(37)21(19,25)33-9-10-7-12(3-6-14(10)16(33)36)22(26,27)34(28)18(38)20(30,31)11-1-4-13(29)5-2-11/h1-7H,8-9H2,(H,32,35,37). The average Bonchev–Trinajstić information content (AvgIpc) is 3.17. The Morgan fingerprint density at radius 1 is 1.03 bits per heavy atom. The maximum atomic E-state index is 14.9. The summed E-state index contributed by atoms with van der Waals surface area (Å²) in [6.45, 7) is -0.341. The highest BCUT2D eigenvalue weighted by molar-refractivity contribution is 6.52. The first-order chi connectivity index (χ1) is 17.4. The molecule has 12 radical (unpaired) electrons. The van der Waals surface area contributed by atoms with Crippen molar-refractivity contribution < 1.29 is 28.0 Å². The van der Waals surface area contributed by atoms with Gasteiger partial charge in [0.2, 0.25) is 19.8 Å². The van der Waals surface area contributed by atoms with Gasteiger partial charge >= 0.3 is 5.92 Å². The number of fused-ring (bicyclic) bond motifs is 1. The van der Waals surface area contributed by atoms with Crippen LogP contribution in [0.1, 0.15) is 33.5 Å². The van der Waals surface area contributed by atoms with Crippen molar-refractivity contribution >= 4 is 82.4 Å². The fourth-order valence-electron chi connectivity index (χ4n) is 4.35. The van der Waals surface area contributed by atoms with E-state index >= 15 is 0 Å². The van der Waals surface area contributed by atoms with E-state index in [4.69, 9.17) is 58.8 Å². The summed E-state index contributed by atoms with van der Waals surface area (Å²) in [5, 5.41) is -2.41. The van der Waals surface area contributed by atoms with E-state index in [1.165, 1.54) is 30.3 Å². The van der Waals surface area contributed by atoms with Crippen LogP contribution in [-0.4, -0.2) is 86.0 Å². The predicted molar refractivity (Wildman–Crippen MR) is 138 cm³/mol. The van der Waals surface area contributed by atoms with Crippen LogP contribution in [0.2, 0.25) is 10.2 Å². The van der Waals surface area contributed by atoms with Crippen molar-refractivity contribution in [1.29, 1.82) is 0 Å². The van der Waals surface area contributed by atoms with Gasteiger partial charge in [0.25, 0.3) is 11.8 Å². The molecule has 1 unspecified atom stereocenters. The molecule has 0 bridgehead atoms. The molecule has 0 aromatic heterocycles. The quantitative estimate of drug-likeness (QED) is 0.438. The number of nitrogens with zero attached hydrogens (tertiary/aromatic N) is 2. The Kier molecular flexibility index (Phi) is 6.70. The van der Waals surface area contributed by atoms with E-state index in [1.807, 2.05) is 5.32 Å². The molecule has 2 aromatic rings. The second-order valence-electron chi connectivity index (χ2n) is 9.21. The van der Waals surface area contributed by atoms with Crippen molar-refractivity contribution in [1.82, 2.24) is 15.0 Å². The van der Waals surface area contributed by atoms with E-state index < -0.39 is 57.5 Å². The Bertz CT molecular complexity index is 1380. The highest BCUT2D eigenvalue weighted by Crippen LogP contribution is 2.45. The first-order valence-corrected chi connectivity index (χ1v) is 11.3. The number of hydrogen-bond acceptors (Lipinski definition) is 4. The largest absolute Gasteiger partial charge is 0.398 e. The van der Waals surface area contributed by atoms with E-state index in [-0.39, 0.29) is 33.1 Å². The van der Waals surface area contributed by atoms with Crippen molar-refractivity contribution in [2.75, 3.05) is 0 Å². The Morgan fingerprint density at radius 3 is 2.18 bits per heavy atom. The molecule has 1 atom stereocenters. The summed E-state index contributed by atoms with van der Waals surface area (Å²) in [5.41, 5.74) is -2.91. The maximum absolute atomic E-state index is 14.9. The Balaban J connectivity index is 1.64. The van der Waals surface area contributed by atoms with Gasteiger partial charge in [0.1, 0.15) is 7.85 Å². The van der Waals surface area contributed by atoms with Crippen LogP contribution in [0.3, 0.4) is 0 Å². The molecule has 38 heavy (non-hydrogen) atoms. The molecule has 0 saturated carbocycles. The number of halogens is 3. The van der Waals surface area contributed by atoms with Gasteiger partial charge in [-0.2, -0.15) is 8.78 Å². The summed E-state index contributed by atoms with van der Waals surface area (Å²) in [7, 11) is 35.9. The molecule has 1 N–H and O–H groups in total. The molecule has 7 nitrogen and oxygen atoms in total. The van der Waals surface area contributed by atoms with Crippen LogP contribution in [0.5, 0.6) is 0 Å². The highest BCUT2D eigenvalue weighted by atomic mass is 35.5. The smallest absolute Gasteiger partial charge is 0.348 e. The van der Waals surface area contributed by atoms with Crippen LogP contribution in [0.4, 0.5) is 8.78 Å². The number of hydrogen-bond donors (Lipinski definition) is 1. The third-order valence-corrected chi connectivity index (χ3v) is 6.90. The van der Waals surface area contributed by atoms with Gasteiger partial charge in [-0.15, -0.1) is 0 Å². The van der Waals surface area contributed by atoms with E-state index in [9.17, 15) is 28.0 Å². The van der Waals surface area contributed by atoms with Crippen molar-refractivity contribution in [3.8, 4) is 0 Å². The van der Waals surface area contributed by atoms with Gasteiger partial charge in [0.15, 0.2) is 0 Å². The summed E-state index contributed by atoms with van der Waals surface area (Å²) < 4.78 is 29.8. The molecule has 4 rings (SSSR count). The first kappa shape index (κ1) is 28.1. The fourth-order valence-corrected chi connectivity index (χ4v) is 4.47. The Labute approximate surface area is 229 Å². The van der Waals surface area contributed by atoms with Gasteiger partial charge in [-0.25, -0.2) is 0 Å². The molecule has 4 amide bonds. The molecule has 0 spiro atoms. The molecule has 1 saturated heterocycles. The molecule has 16 heteroatoms. The second kappa shape index (κ2) is 9.07. The lowest BCUT2D eigenvalue weighted by molar-refractivity contribution is -0.155. The zero-order chi connectivity index (χ0) is 28.4. The SMILES string of the molecule is [B]N(C(=O)C(F)(F)c1ccc(Cl)cc1)C([B])([B])c1ccc2c(c1)CN(C1([B])C(=O)NC(=O)CC1([B])[B])C2=O. The molecule has 2 aromatic carbocycles. The molecule has 178 valence electrons. The van der Waals surface area contributed by atoms with Crippen molar-refractivity contribution in [2.45, 2.75) is 34.9 Å². The zero-order valence-electron chi connectivity index (χ0n) is 19.6. The number of carbonyl (C=O) groups excluding carboxylic acids is 4. The lowest BCUT2D eigenvalue weighted by Gasteiger charge is -2.52. The van der Waals surface area contributed by atoms with Crippen molar-refractivity contribution in [3.63, 3.8) is 0 Å². The third kappa shape index (κ3) is 4.19. The topological polar surface area (TPSA) is 86.8 Å². The average molecular weight is 521 g/mol. The normalized spacial score (nSPS) is 21.1. The monoisotopic (exact) mass is 521 g/mol. The third-order valence-electron chi connectivity index (χ3n) is 6.65. The van der Waals surface area contributed by atoms with Gasteiger partial charge in [-0.3, -0.25) is 24.5 Å². The minimum absolute atomic E-state index is 0.0206. The molecule has 2 aliphatic rings. The van der Waals surface area contributed by atoms with Gasteiger partial charge < -0.3 is 9.71 Å². The fraction of sp³-hybridized carbons (Fsp3) is 0.273. The van der Waals surface area contributed by atoms with Crippen LogP contribution in [0.25, 0.3) is 0 Å². The molecular weight excluding hydrogens is 509 g/mol. The Hall–Kier alpha value is -2.94. The molecule has 0 aliphatic carbocycles. The molecule has 1 fully saturated rings. The molecular formula is C22H12B6ClF2N3O4. The summed E-state index contributed by atoms with van der Waals surface area (Å²) in [4.78, 5) is 51.1. The number of amides is 4. The summed E-state index contributed by atoms with van der Waals surface area (Å²) in [6, 6.07) is 7.91. The van der Waals surface area contributed by atoms with E-state index in [2.05, 4.69) is 0 Å². The van der Waals surface area contributed by atoms with Gasteiger partial charge in [0.05, 0.1) is 36.8 Å². The zero-order valence-corrected chi connectivity index (χ0v) is 20.3. The molecule has 2 heterocycles.